The number of nitrogens with zero attached hydrogens (tertiary/aromatic N) is 2. The summed E-state index contributed by atoms with van der Waals surface area (Å²) in [4.78, 5) is 14.9. The SMILES string of the molecule is Cc1cc(I)ccc1NC(=O)c1cccc(S(=O)(=O)N2CCN(C)CC2)c1. The van der Waals surface area contributed by atoms with E-state index >= 15 is 0 Å². The molecule has 1 amide bonds. The molecule has 0 saturated carbocycles. The average Bonchev–Trinajstić information content (AvgIpc) is 2.64. The molecule has 1 N–H and O–H groups in total. The summed E-state index contributed by atoms with van der Waals surface area (Å²) in [5.41, 5.74) is 1.99. The van der Waals surface area contributed by atoms with Crippen molar-refractivity contribution in [2.75, 3.05) is 38.5 Å². The molecule has 2 aromatic rings. The zero-order valence-electron chi connectivity index (χ0n) is 15.3. The van der Waals surface area contributed by atoms with E-state index in [1.54, 1.807) is 18.2 Å². The zero-order chi connectivity index (χ0) is 19.6. The van der Waals surface area contributed by atoms with Crippen LogP contribution < -0.4 is 5.32 Å². The molecule has 1 aliphatic heterocycles. The van der Waals surface area contributed by atoms with Crippen LogP contribution in [0.1, 0.15) is 15.9 Å². The highest BCUT2D eigenvalue weighted by atomic mass is 127. The number of carbonyl (C=O) groups excluding carboxylic acids is 1. The second kappa shape index (κ2) is 8.26. The molecule has 0 atom stereocenters. The van der Waals surface area contributed by atoms with E-state index in [1.165, 1.54) is 10.4 Å². The Morgan fingerprint density at radius 3 is 2.44 bits per heavy atom. The van der Waals surface area contributed by atoms with Crippen molar-refractivity contribution in [3.63, 3.8) is 0 Å². The van der Waals surface area contributed by atoms with Gasteiger partial charge in [-0.05, 0) is 78.5 Å². The molecule has 144 valence electrons. The van der Waals surface area contributed by atoms with Crippen molar-refractivity contribution in [1.29, 1.82) is 0 Å². The van der Waals surface area contributed by atoms with Crippen LogP contribution in [-0.4, -0.2) is 56.8 Å². The Bertz CT molecular complexity index is 954. The van der Waals surface area contributed by atoms with Gasteiger partial charge in [0.1, 0.15) is 0 Å². The lowest BCUT2D eigenvalue weighted by molar-refractivity contribution is 0.102. The standard InChI is InChI=1S/C19H22IN3O3S/c1-14-12-16(20)6-7-18(14)21-19(24)15-4-3-5-17(13-15)27(25,26)23-10-8-22(2)9-11-23/h3-7,12-13H,8-11H2,1-2H3,(H,21,24). The molecule has 1 fully saturated rings. The van der Waals surface area contributed by atoms with Gasteiger partial charge in [0.25, 0.3) is 5.91 Å². The van der Waals surface area contributed by atoms with E-state index in [0.717, 1.165) is 9.13 Å². The molecule has 8 heteroatoms. The molecule has 0 unspecified atom stereocenters. The number of likely N-dealkylation sites (N-methyl/N-ethyl adjacent to an activating group) is 1. The minimum absolute atomic E-state index is 0.152. The Labute approximate surface area is 173 Å². The van der Waals surface area contributed by atoms with Crippen molar-refractivity contribution in [3.05, 3.63) is 57.2 Å². The van der Waals surface area contributed by atoms with Crippen molar-refractivity contribution in [3.8, 4) is 0 Å². The third kappa shape index (κ3) is 4.68. The molecule has 0 aliphatic carbocycles. The Kier molecular flexibility index (Phi) is 6.19. The summed E-state index contributed by atoms with van der Waals surface area (Å²) in [6.07, 6.45) is 0. The van der Waals surface area contributed by atoms with Gasteiger partial charge in [0.05, 0.1) is 4.90 Å². The maximum absolute atomic E-state index is 12.9. The van der Waals surface area contributed by atoms with Crippen LogP contribution in [0.2, 0.25) is 0 Å². The number of carbonyl (C=O) groups is 1. The van der Waals surface area contributed by atoms with Crippen LogP contribution in [0.5, 0.6) is 0 Å². The van der Waals surface area contributed by atoms with Gasteiger partial charge in [-0.2, -0.15) is 4.31 Å². The van der Waals surface area contributed by atoms with Crippen LogP contribution in [0.4, 0.5) is 5.69 Å². The van der Waals surface area contributed by atoms with Crippen molar-refractivity contribution < 1.29 is 13.2 Å². The van der Waals surface area contributed by atoms with Gasteiger partial charge in [0.15, 0.2) is 0 Å². The fourth-order valence-corrected chi connectivity index (χ4v) is 5.05. The van der Waals surface area contributed by atoms with Crippen molar-refractivity contribution in [2.24, 2.45) is 0 Å². The van der Waals surface area contributed by atoms with Crippen LogP contribution in [0, 0.1) is 10.5 Å². The lowest BCUT2D eigenvalue weighted by atomic mass is 10.1. The normalized spacial score (nSPS) is 16.3. The molecule has 27 heavy (non-hydrogen) atoms. The molecule has 0 bridgehead atoms. The lowest BCUT2D eigenvalue weighted by Crippen LogP contribution is -2.47. The molecule has 1 heterocycles. The number of benzene rings is 2. The van der Waals surface area contributed by atoms with Crippen molar-refractivity contribution in [2.45, 2.75) is 11.8 Å². The number of hydrogen-bond acceptors (Lipinski definition) is 4. The van der Waals surface area contributed by atoms with E-state index < -0.39 is 10.0 Å². The minimum Gasteiger partial charge on any atom is -0.322 e. The monoisotopic (exact) mass is 499 g/mol. The number of rotatable bonds is 4. The number of halogens is 1. The quantitative estimate of drug-likeness (QED) is 0.658. The number of aryl methyl sites for hydroxylation is 1. The zero-order valence-corrected chi connectivity index (χ0v) is 18.2. The van der Waals surface area contributed by atoms with Crippen molar-refractivity contribution in [1.82, 2.24) is 9.21 Å². The van der Waals surface area contributed by atoms with E-state index in [2.05, 4.69) is 32.8 Å². The predicted octanol–water partition coefficient (Wildman–Crippen LogP) is 2.79. The number of nitrogens with one attached hydrogen (secondary N) is 1. The van der Waals surface area contributed by atoms with Gasteiger partial charge in [-0.25, -0.2) is 8.42 Å². The molecule has 1 aliphatic rings. The molecule has 1 saturated heterocycles. The highest BCUT2D eigenvalue weighted by molar-refractivity contribution is 14.1. The topological polar surface area (TPSA) is 69.7 Å². The maximum Gasteiger partial charge on any atom is 0.255 e. The summed E-state index contributed by atoms with van der Waals surface area (Å²) in [6, 6.07) is 12.0. The number of hydrogen-bond donors (Lipinski definition) is 1. The summed E-state index contributed by atoms with van der Waals surface area (Å²) >= 11 is 2.22. The predicted molar refractivity (Wildman–Crippen MR) is 115 cm³/mol. The van der Waals surface area contributed by atoms with E-state index in [1.807, 2.05) is 32.2 Å². The first-order valence-electron chi connectivity index (χ1n) is 8.63. The highest BCUT2D eigenvalue weighted by Gasteiger charge is 2.28. The van der Waals surface area contributed by atoms with Crippen LogP contribution in [0.3, 0.4) is 0 Å². The first-order chi connectivity index (χ1) is 12.8. The Hall–Kier alpha value is -1.49. The van der Waals surface area contributed by atoms with Gasteiger partial charge in [-0.15, -0.1) is 0 Å². The van der Waals surface area contributed by atoms with Gasteiger partial charge >= 0.3 is 0 Å². The summed E-state index contributed by atoms with van der Waals surface area (Å²) in [6.45, 7) is 4.23. The van der Waals surface area contributed by atoms with Gasteiger partial charge in [0.2, 0.25) is 10.0 Å². The maximum atomic E-state index is 12.9. The number of piperazine rings is 1. The molecule has 3 rings (SSSR count). The second-order valence-corrected chi connectivity index (χ2v) is 9.83. The Morgan fingerprint density at radius 1 is 1.07 bits per heavy atom. The van der Waals surface area contributed by atoms with Crippen molar-refractivity contribution >= 4 is 44.2 Å². The number of sulfonamides is 1. The minimum atomic E-state index is -3.60. The molecule has 6 nitrogen and oxygen atoms in total. The molecular weight excluding hydrogens is 477 g/mol. The molecule has 0 radical (unpaired) electrons. The summed E-state index contributed by atoms with van der Waals surface area (Å²) in [5, 5.41) is 2.86. The van der Waals surface area contributed by atoms with Crippen LogP contribution in [0.25, 0.3) is 0 Å². The van der Waals surface area contributed by atoms with E-state index in [-0.39, 0.29) is 10.8 Å². The lowest BCUT2D eigenvalue weighted by Gasteiger charge is -2.31. The van der Waals surface area contributed by atoms with Gasteiger partial charge in [-0.3, -0.25) is 4.79 Å². The highest BCUT2D eigenvalue weighted by Crippen LogP contribution is 2.21. The smallest absolute Gasteiger partial charge is 0.255 e. The Balaban J connectivity index is 1.81. The molecule has 2 aromatic carbocycles. The summed E-state index contributed by atoms with van der Waals surface area (Å²) in [7, 11) is -1.63. The van der Waals surface area contributed by atoms with E-state index in [0.29, 0.717) is 37.4 Å². The summed E-state index contributed by atoms with van der Waals surface area (Å²) < 4.78 is 28.4. The van der Waals surface area contributed by atoms with Gasteiger partial charge in [-0.1, -0.05) is 6.07 Å². The second-order valence-electron chi connectivity index (χ2n) is 6.65. The van der Waals surface area contributed by atoms with Crippen LogP contribution in [-0.2, 0) is 10.0 Å². The number of amides is 1. The molecule has 0 aromatic heterocycles. The van der Waals surface area contributed by atoms with Gasteiger partial charge in [0, 0.05) is 41.0 Å². The largest absolute Gasteiger partial charge is 0.322 e. The summed E-state index contributed by atoms with van der Waals surface area (Å²) in [5.74, 6) is -0.324. The average molecular weight is 499 g/mol. The van der Waals surface area contributed by atoms with E-state index in [9.17, 15) is 13.2 Å². The molecular formula is C19H22IN3O3S. The van der Waals surface area contributed by atoms with Gasteiger partial charge < -0.3 is 10.2 Å². The third-order valence-corrected chi connectivity index (χ3v) is 7.20. The van der Waals surface area contributed by atoms with E-state index in [4.69, 9.17) is 0 Å². The fourth-order valence-electron chi connectivity index (χ4n) is 2.94. The Morgan fingerprint density at radius 2 is 1.78 bits per heavy atom. The van der Waals surface area contributed by atoms with Crippen LogP contribution in [0.15, 0.2) is 47.4 Å². The fraction of sp³-hybridized carbons (Fsp3) is 0.316. The first kappa shape index (κ1) is 20.2. The van der Waals surface area contributed by atoms with Crippen LogP contribution >= 0.6 is 22.6 Å². The number of anilines is 1. The first-order valence-corrected chi connectivity index (χ1v) is 11.2. The third-order valence-electron chi connectivity index (χ3n) is 4.63. The molecule has 0 spiro atoms.